The highest BCUT2D eigenvalue weighted by Crippen LogP contribution is 2.57. The monoisotopic (exact) mass is 1280 g/mol. The minimum absolute atomic E-state index is 0.622. The van der Waals surface area contributed by atoms with Crippen LogP contribution in [-0.4, -0.2) is 19.9 Å². The summed E-state index contributed by atoms with van der Waals surface area (Å²) >= 11 is 5.43. The summed E-state index contributed by atoms with van der Waals surface area (Å²) in [6.07, 6.45) is 0. The number of aromatic nitrogens is 4. The first-order valence-corrected chi connectivity index (χ1v) is 34.4. The van der Waals surface area contributed by atoms with Gasteiger partial charge in [0.15, 0.2) is 11.6 Å². The standard InChI is InChI=1S/C86H55N7S3/c1-4-22-56(23-5-1)57-42-44-60(45-43-57)71-54-69(58-24-6-2-7-25-58)87-85(88-71)61-46-48-65(49-47-61)91-77-35-14-19-41-83(77)96-84-68(30-21-36-78(84)91)62-28-20-29-63(50-62)72-55-70(59-26-8-3-9-27-59)89-86(90-72)64-51-66(92-73-31-10-15-37-79(73)94-80-38-16-11-32-74(80)92)53-67(52-64)93-75-33-12-17-39-81(75)95-82-40-18-13-34-76(82)93/h1-55H. The summed E-state index contributed by atoms with van der Waals surface area (Å²) in [5, 5.41) is 0. The van der Waals surface area contributed by atoms with Crippen molar-refractivity contribution in [3.63, 3.8) is 0 Å². The zero-order valence-corrected chi connectivity index (χ0v) is 54.1. The smallest absolute Gasteiger partial charge is 0.160 e. The molecular weight excluding hydrogens is 1230 g/mol. The van der Waals surface area contributed by atoms with E-state index in [1.54, 1.807) is 0 Å². The number of benzene rings is 13. The molecule has 0 radical (unpaired) electrons. The highest BCUT2D eigenvalue weighted by atomic mass is 32.2. The Kier molecular flexibility index (Phi) is 14.5. The maximum Gasteiger partial charge on any atom is 0.160 e. The molecule has 5 heterocycles. The molecule has 96 heavy (non-hydrogen) atoms. The normalized spacial score (nSPS) is 12.6. The van der Waals surface area contributed by atoms with E-state index in [1.807, 2.05) is 47.4 Å². The van der Waals surface area contributed by atoms with Gasteiger partial charge in [-0.2, -0.15) is 0 Å². The number of anilines is 9. The van der Waals surface area contributed by atoms with Crippen LogP contribution in [0.15, 0.2) is 363 Å². The lowest BCUT2D eigenvalue weighted by Crippen LogP contribution is -2.18. The van der Waals surface area contributed by atoms with Crippen LogP contribution in [0.25, 0.3) is 90.1 Å². The minimum Gasteiger partial charge on any atom is -0.308 e. The molecule has 0 saturated heterocycles. The Morgan fingerprint density at radius 2 is 0.531 bits per heavy atom. The van der Waals surface area contributed by atoms with E-state index in [4.69, 9.17) is 19.9 Å². The molecule has 0 saturated carbocycles. The molecule has 0 spiro atoms. The zero-order valence-electron chi connectivity index (χ0n) is 51.6. The van der Waals surface area contributed by atoms with Gasteiger partial charge in [0.25, 0.3) is 0 Å². The van der Waals surface area contributed by atoms with E-state index in [9.17, 15) is 0 Å². The van der Waals surface area contributed by atoms with Gasteiger partial charge in [-0.1, -0.05) is 242 Å². The SMILES string of the molecule is c1ccc(-c2ccc(-c3cc(-c4ccccc4)nc(-c4ccc(N5c6ccccc6Sc6c(-c7cccc(-c8cc(-c9ccccc9)nc(-c9cc(N%10c%11ccccc%11Sc%11ccccc%11%10)cc(N%10c%11ccccc%11Sc%11ccccc%11%10)c9)n8)c7)cccc65)cc4)n3)cc2)cc1. The second-order valence-electron chi connectivity index (χ2n) is 23.8. The molecule has 7 nitrogen and oxygen atoms in total. The van der Waals surface area contributed by atoms with Crippen LogP contribution in [0.3, 0.4) is 0 Å². The number of rotatable bonds is 11. The molecule has 10 heteroatoms. The minimum atomic E-state index is 0.622. The predicted octanol–water partition coefficient (Wildman–Crippen LogP) is 24.4. The van der Waals surface area contributed by atoms with E-state index in [2.05, 4.69) is 336 Å². The average Bonchev–Trinajstić information content (AvgIpc) is 0.765. The fraction of sp³-hybridized carbons (Fsp3) is 0. The van der Waals surface area contributed by atoms with Gasteiger partial charge in [-0.3, -0.25) is 0 Å². The lowest BCUT2D eigenvalue weighted by atomic mass is 9.99. The first-order valence-electron chi connectivity index (χ1n) is 32.0. The molecule has 0 bridgehead atoms. The van der Waals surface area contributed by atoms with Crippen LogP contribution in [0.2, 0.25) is 0 Å². The summed E-state index contributed by atoms with van der Waals surface area (Å²) in [5.41, 5.74) is 23.5. The number of hydrogen-bond donors (Lipinski definition) is 0. The van der Waals surface area contributed by atoms with Crippen LogP contribution in [0.4, 0.5) is 51.2 Å². The van der Waals surface area contributed by atoms with Crippen LogP contribution >= 0.6 is 35.3 Å². The Balaban J connectivity index is 0.741. The lowest BCUT2D eigenvalue weighted by molar-refractivity contribution is 1.14. The molecule has 0 amide bonds. The molecule has 3 aliphatic rings. The maximum atomic E-state index is 5.66. The van der Waals surface area contributed by atoms with E-state index in [0.29, 0.717) is 11.6 Å². The second kappa shape index (κ2) is 24.4. The van der Waals surface area contributed by atoms with Gasteiger partial charge in [0.2, 0.25) is 0 Å². The summed E-state index contributed by atoms with van der Waals surface area (Å²) in [7, 11) is 0. The molecule has 452 valence electrons. The molecular formula is C86H55N7S3. The van der Waals surface area contributed by atoms with Gasteiger partial charge in [-0.05, 0) is 150 Å². The molecule has 3 aliphatic heterocycles. The molecule has 0 atom stereocenters. The largest absolute Gasteiger partial charge is 0.308 e. The quantitative estimate of drug-likeness (QED) is 0.125. The Bertz CT molecular complexity index is 5270. The predicted molar refractivity (Wildman–Crippen MR) is 398 cm³/mol. The van der Waals surface area contributed by atoms with Crippen LogP contribution in [0.5, 0.6) is 0 Å². The third-order valence-corrected chi connectivity index (χ3v) is 21.3. The van der Waals surface area contributed by atoms with E-state index in [0.717, 1.165) is 129 Å². The lowest BCUT2D eigenvalue weighted by Gasteiger charge is -2.36. The van der Waals surface area contributed by atoms with E-state index in [1.165, 1.54) is 30.0 Å². The molecule has 13 aromatic carbocycles. The molecule has 0 fully saturated rings. The summed E-state index contributed by atoms with van der Waals surface area (Å²) in [6.45, 7) is 0. The molecule has 2 aromatic heterocycles. The second-order valence-corrected chi connectivity index (χ2v) is 27.0. The fourth-order valence-corrected chi connectivity index (χ4v) is 16.6. The number of nitrogens with zero attached hydrogens (tertiary/aromatic N) is 7. The van der Waals surface area contributed by atoms with Crippen LogP contribution in [0.1, 0.15) is 0 Å². The topological polar surface area (TPSA) is 61.3 Å². The van der Waals surface area contributed by atoms with Gasteiger partial charge in [-0.25, -0.2) is 19.9 Å². The van der Waals surface area contributed by atoms with Crippen molar-refractivity contribution in [1.29, 1.82) is 0 Å². The molecule has 0 unspecified atom stereocenters. The van der Waals surface area contributed by atoms with Gasteiger partial charge in [-0.15, -0.1) is 0 Å². The molecule has 15 aromatic rings. The van der Waals surface area contributed by atoms with E-state index in [-0.39, 0.29) is 0 Å². The van der Waals surface area contributed by atoms with Crippen molar-refractivity contribution >= 4 is 86.5 Å². The molecule has 0 N–H and O–H groups in total. The van der Waals surface area contributed by atoms with E-state index >= 15 is 0 Å². The highest BCUT2D eigenvalue weighted by Gasteiger charge is 2.31. The van der Waals surface area contributed by atoms with Crippen molar-refractivity contribution in [2.45, 2.75) is 29.4 Å². The summed E-state index contributed by atoms with van der Waals surface area (Å²) < 4.78 is 0. The summed E-state index contributed by atoms with van der Waals surface area (Å²) in [5.74, 6) is 1.28. The zero-order chi connectivity index (χ0) is 63.5. The van der Waals surface area contributed by atoms with Gasteiger partial charge in [0.1, 0.15) is 0 Å². The third-order valence-electron chi connectivity index (χ3n) is 17.8. The van der Waals surface area contributed by atoms with Gasteiger partial charge in [0.05, 0.1) is 56.9 Å². The fourth-order valence-electron chi connectivity index (χ4n) is 13.3. The van der Waals surface area contributed by atoms with Gasteiger partial charge < -0.3 is 14.7 Å². The van der Waals surface area contributed by atoms with E-state index < -0.39 is 0 Å². The summed E-state index contributed by atoms with van der Waals surface area (Å²) in [4.78, 5) is 36.0. The number of para-hydroxylation sites is 5. The Morgan fingerprint density at radius 1 is 0.198 bits per heavy atom. The Hall–Kier alpha value is -11.5. The van der Waals surface area contributed by atoms with Crippen molar-refractivity contribution in [3.05, 3.63) is 334 Å². The average molecular weight is 1280 g/mol. The number of hydrogen-bond acceptors (Lipinski definition) is 10. The number of fused-ring (bicyclic) bond motifs is 6. The molecule has 18 rings (SSSR count). The van der Waals surface area contributed by atoms with Crippen LogP contribution in [0, 0.1) is 0 Å². The first kappa shape index (κ1) is 57.2. The van der Waals surface area contributed by atoms with Crippen LogP contribution in [-0.2, 0) is 0 Å². The van der Waals surface area contributed by atoms with Crippen molar-refractivity contribution in [2.24, 2.45) is 0 Å². The summed E-state index contributed by atoms with van der Waals surface area (Å²) in [6, 6.07) is 119. The Labute approximate surface area is 570 Å². The molecule has 0 aliphatic carbocycles. The third kappa shape index (κ3) is 10.6. The first-order chi connectivity index (χ1) is 47.5. The van der Waals surface area contributed by atoms with Gasteiger partial charge >= 0.3 is 0 Å². The van der Waals surface area contributed by atoms with Crippen LogP contribution < -0.4 is 14.7 Å². The van der Waals surface area contributed by atoms with Crippen molar-refractivity contribution in [3.8, 4) is 90.1 Å². The maximum absolute atomic E-state index is 5.66. The van der Waals surface area contributed by atoms with Crippen molar-refractivity contribution in [1.82, 2.24) is 19.9 Å². The Morgan fingerprint density at radius 3 is 1.02 bits per heavy atom. The van der Waals surface area contributed by atoms with Gasteiger partial charge in [0, 0.05) is 79.8 Å². The van der Waals surface area contributed by atoms with Crippen molar-refractivity contribution in [2.75, 3.05) is 14.7 Å². The highest BCUT2D eigenvalue weighted by molar-refractivity contribution is 8.00. The van der Waals surface area contributed by atoms with Crippen molar-refractivity contribution < 1.29 is 0 Å².